The Labute approximate surface area is 179 Å². The Hall–Kier alpha value is -3.45. The Balaban J connectivity index is 1.69. The highest BCUT2D eigenvalue weighted by Crippen LogP contribution is 2.35. The second-order valence-corrected chi connectivity index (χ2v) is 7.72. The first-order chi connectivity index (χ1) is 14.6. The van der Waals surface area contributed by atoms with Crippen LogP contribution >= 0.6 is 11.3 Å². The molecule has 0 aliphatic heterocycles. The lowest BCUT2D eigenvalue weighted by molar-refractivity contribution is 0.394. The van der Waals surface area contributed by atoms with E-state index >= 15 is 0 Å². The number of benzene rings is 2. The fraction of sp³-hybridized carbons (Fsp3) is 0.174. The molecule has 0 aliphatic carbocycles. The maximum Gasteiger partial charge on any atom is 0.158 e. The van der Waals surface area contributed by atoms with E-state index in [1.54, 1.807) is 25.6 Å². The molecular weight excluding hydrogens is 396 g/mol. The lowest BCUT2D eigenvalue weighted by atomic mass is 10.1. The summed E-state index contributed by atoms with van der Waals surface area (Å²) < 4.78 is 10.8. The number of anilines is 1. The van der Waals surface area contributed by atoms with Crippen LogP contribution in [-0.2, 0) is 0 Å². The number of fused-ring (bicyclic) bond motifs is 1. The first-order valence-electron chi connectivity index (χ1n) is 9.45. The molecule has 0 saturated heterocycles. The van der Waals surface area contributed by atoms with Crippen molar-refractivity contribution in [2.75, 3.05) is 19.6 Å². The van der Waals surface area contributed by atoms with Crippen molar-refractivity contribution in [2.45, 2.75) is 13.8 Å². The van der Waals surface area contributed by atoms with Crippen LogP contribution in [0.3, 0.4) is 0 Å². The summed E-state index contributed by atoms with van der Waals surface area (Å²) in [5.74, 6) is 2.81. The molecule has 1 N–H and O–H groups in total. The normalized spacial score (nSPS) is 11.5. The SMILES string of the molecule is COc1ccc(/C(C)=N\Nc2nc(C)nc3sc(-c4ccccc4)cc23)c(OC)c1. The molecule has 0 amide bonds. The third-order valence-electron chi connectivity index (χ3n) is 4.69. The average Bonchev–Trinajstić information content (AvgIpc) is 3.21. The van der Waals surface area contributed by atoms with Gasteiger partial charge in [-0.2, -0.15) is 5.10 Å². The molecule has 2 heterocycles. The van der Waals surface area contributed by atoms with Crippen LogP contribution in [0.1, 0.15) is 18.3 Å². The first kappa shape index (κ1) is 19.8. The van der Waals surface area contributed by atoms with E-state index in [1.807, 2.05) is 50.2 Å². The topological polar surface area (TPSA) is 68.6 Å². The largest absolute Gasteiger partial charge is 0.497 e. The molecule has 30 heavy (non-hydrogen) atoms. The van der Waals surface area contributed by atoms with Gasteiger partial charge in [0.25, 0.3) is 0 Å². The summed E-state index contributed by atoms with van der Waals surface area (Å²) >= 11 is 1.65. The molecule has 4 aromatic rings. The molecule has 7 heteroatoms. The predicted octanol–water partition coefficient (Wildman–Crippen LogP) is 5.52. The number of aryl methyl sites for hydroxylation is 1. The van der Waals surface area contributed by atoms with Crippen molar-refractivity contribution in [1.29, 1.82) is 0 Å². The summed E-state index contributed by atoms with van der Waals surface area (Å²) in [6, 6.07) is 18.0. The number of nitrogens with one attached hydrogen (secondary N) is 1. The van der Waals surface area contributed by atoms with Gasteiger partial charge in [0.2, 0.25) is 0 Å². The molecule has 0 bridgehead atoms. The minimum atomic E-state index is 0.683. The average molecular weight is 419 g/mol. The van der Waals surface area contributed by atoms with E-state index in [1.165, 1.54) is 0 Å². The Morgan fingerprint density at radius 1 is 1.00 bits per heavy atom. The number of aromatic nitrogens is 2. The lowest BCUT2D eigenvalue weighted by Crippen LogP contribution is -2.04. The minimum absolute atomic E-state index is 0.683. The standard InChI is InChI=1S/C23H22N4O2S/c1-14(18-11-10-17(28-3)12-20(18)29-4)26-27-22-19-13-21(16-8-6-5-7-9-16)30-23(19)25-15(2)24-22/h5-13H,1-4H3,(H,24,25,27)/b26-14-. The summed E-state index contributed by atoms with van der Waals surface area (Å²) in [5, 5.41) is 5.51. The van der Waals surface area contributed by atoms with Gasteiger partial charge in [-0.15, -0.1) is 11.3 Å². The monoisotopic (exact) mass is 418 g/mol. The van der Waals surface area contributed by atoms with Crippen molar-refractivity contribution in [3.8, 4) is 21.9 Å². The van der Waals surface area contributed by atoms with Gasteiger partial charge >= 0.3 is 0 Å². The van der Waals surface area contributed by atoms with Crippen LogP contribution in [0.5, 0.6) is 11.5 Å². The molecular formula is C23H22N4O2S. The summed E-state index contributed by atoms with van der Waals surface area (Å²) in [6.45, 7) is 3.81. The summed E-state index contributed by atoms with van der Waals surface area (Å²) in [6.07, 6.45) is 0. The Morgan fingerprint density at radius 3 is 2.53 bits per heavy atom. The maximum absolute atomic E-state index is 5.49. The smallest absolute Gasteiger partial charge is 0.158 e. The minimum Gasteiger partial charge on any atom is -0.497 e. The number of hydrogen-bond donors (Lipinski definition) is 1. The van der Waals surface area contributed by atoms with Crippen molar-refractivity contribution < 1.29 is 9.47 Å². The molecule has 0 radical (unpaired) electrons. The van der Waals surface area contributed by atoms with Gasteiger partial charge in [0, 0.05) is 16.5 Å². The van der Waals surface area contributed by atoms with Crippen LogP contribution in [0, 0.1) is 6.92 Å². The van der Waals surface area contributed by atoms with Crippen LogP contribution in [0.15, 0.2) is 59.7 Å². The van der Waals surface area contributed by atoms with Crippen LogP contribution in [-0.4, -0.2) is 29.9 Å². The summed E-state index contributed by atoms with van der Waals surface area (Å²) in [4.78, 5) is 11.2. The maximum atomic E-state index is 5.49. The molecule has 0 saturated carbocycles. The van der Waals surface area contributed by atoms with Crippen molar-refractivity contribution in [2.24, 2.45) is 5.10 Å². The summed E-state index contributed by atoms with van der Waals surface area (Å²) in [5.41, 5.74) is 5.94. The molecule has 0 spiro atoms. The van der Waals surface area contributed by atoms with Gasteiger partial charge in [-0.3, -0.25) is 5.43 Å². The predicted molar refractivity (Wildman–Crippen MR) is 123 cm³/mol. The fourth-order valence-corrected chi connectivity index (χ4v) is 4.23. The Kier molecular flexibility index (Phi) is 5.63. The molecule has 0 aliphatic rings. The zero-order valence-electron chi connectivity index (χ0n) is 17.3. The molecule has 0 atom stereocenters. The third-order valence-corrected chi connectivity index (χ3v) is 5.77. The summed E-state index contributed by atoms with van der Waals surface area (Å²) in [7, 11) is 3.26. The van der Waals surface area contributed by atoms with Crippen LogP contribution < -0.4 is 14.9 Å². The van der Waals surface area contributed by atoms with Gasteiger partial charge in [-0.25, -0.2) is 9.97 Å². The molecule has 0 unspecified atom stereocenters. The number of ether oxygens (including phenoxy) is 2. The Morgan fingerprint density at radius 2 is 1.80 bits per heavy atom. The molecule has 2 aromatic carbocycles. The van der Waals surface area contributed by atoms with E-state index in [-0.39, 0.29) is 0 Å². The van der Waals surface area contributed by atoms with Crippen molar-refractivity contribution in [3.63, 3.8) is 0 Å². The third kappa shape index (κ3) is 3.97. The number of methoxy groups -OCH3 is 2. The van der Waals surface area contributed by atoms with Gasteiger partial charge < -0.3 is 9.47 Å². The number of hydrogen-bond acceptors (Lipinski definition) is 7. The molecule has 152 valence electrons. The molecule has 6 nitrogen and oxygen atoms in total. The molecule has 2 aromatic heterocycles. The lowest BCUT2D eigenvalue weighted by Gasteiger charge is -2.10. The van der Waals surface area contributed by atoms with Gasteiger partial charge in [0.05, 0.1) is 25.3 Å². The Bertz CT molecular complexity index is 1220. The quantitative estimate of drug-likeness (QED) is 0.330. The van der Waals surface area contributed by atoms with Crippen molar-refractivity contribution in [3.05, 3.63) is 66.0 Å². The van der Waals surface area contributed by atoms with Gasteiger partial charge in [0.15, 0.2) is 5.82 Å². The van der Waals surface area contributed by atoms with Crippen LogP contribution in [0.25, 0.3) is 20.7 Å². The highest BCUT2D eigenvalue weighted by Gasteiger charge is 2.13. The number of rotatable bonds is 6. The van der Waals surface area contributed by atoms with Crippen LogP contribution in [0.4, 0.5) is 5.82 Å². The second kappa shape index (κ2) is 8.51. The highest BCUT2D eigenvalue weighted by atomic mass is 32.1. The fourth-order valence-electron chi connectivity index (χ4n) is 3.15. The zero-order chi connectivity index (χ0) is 21.1. The van der Waals surface area contributed by atoms with Gasteiger partial charge in [-0.05, 0) is 37.6 Å². The van der Waals surface area contributed by atoms with E-state index in [2.05, 4.69) is 38.7 Å². The second-order valence-electron chi connectivity index (χ2n) is 6.69. The highest BCUT2D eigenvalue weighted by molar-refractivity contribution is 7.21. The molecule has 4 rings (SSSR count). The van der Waals surface area contributed by atoms with Crippen molar-refractivity contribution in [1.82, 2.24) is 9.97 Å². The first-order valence-corrected chi connectivity index (χ1v) is 10.3. The van der Waals surface area contributed by atoms with E-state index in [4.69, 9.17) is 9.47 Å². The number of thiophene rings is 1. The zero-order valence-corrected chi connectivity index (χ0v) is 18.1. The van der Waals surface area contributed by atoms with E-state index in [9.17, 15) is 0 Å². The van der Waals surface area contributed by atoms with Gasteiger partial charge in [-0.1, -0.05) is 30.3 Å². The van der Waals surface area contributed by atoms with E-state index < -0.39 is 0 Å². The number of nitrogens with zero attached hydrogens (tertiary/aromatic N) is 3. The van der Waals surface area contributed by atoms with Crippen molar-refractivity contribution >= 4 is 33.1 Å². The molecule has 0 fully saturated rings. The van der Waals surface area contributed by atoms with E-state index in [0.29, 0.717) is 17.4 Å². The van der Waals surface area contributed by atoms with Crippen LogP contribution in [0.2, 0.25) is 0 Å². The van der Waals surface area contributed by atoms with E-state index in [0.717, 1.165) is 37.7 Å². The van der Waals surface area contributed by atoms with Gasteiger partial charge in [0.1, 0.15) is 22.2 Å². The number of hydrazone groups is 1.